The number of carbonyl (C=O) groups is 1. The molecule has 0 rings (SSSR count). The second-order valence-corrected chi connectivity index (χ2v) is 1.98. The third-order valence-electron chi connectivity index (χ3n) is 1.13. The predicted molar refractivity (Wildman–Crippen MR) is 34.4 cm³/mol. The first-order valence-electron chi connectivity index (χ1n) is 2.45. The summed E-state index contributed by atoms with van der Waals surface area (Å²) in [6.45, 7) is 1.64. The lowest BCUT2D eigenvalue weighted by Gasteiger charge is -2.13. The molecular weight excluding hydrogens is 122 g/mol. The smallest absolute Gasteiger partial charge is 0.320 e. The molecule has 56 valence electrons. The molecule has 0 saturated carbocycles. The van der Waals surface area contributed by atoms with Crippen molar-refractivity contribution in [3.05, 3.63) is 0 Å². The third kappa shape index (κ3) is 3.93. The van der Waals surface area contributed by atoms with Gasteiger partial charge in [0.1, 0.15) is 6.04 Å². The van der Waals surface area contributed by atoms with E-state index in [9.17, 15) is 4.79 Å². The quantitative estimate of drug-likeness (QED) is 0.538. The van der Waals surface area contributed by atoms with Crippen LogP contribution in [0, 0.1) is 0 Å². The highest BCUT2D eigenvalue weighted by Crippen LogP contribution is 1.88. The summed E-state index contributed by atoms with van der Waals surface area (Å²) in [5.74, 6) is -0.782. The van der Waals surface area contributed by atoms with Crippen LogP contribution in [0.2, 0.25) is 0 Å². The molecule has 0 aliphatic carbocycles. The number of nitrogens with zero attached hydrogens (tertiary/aromatic N) is 1. The van der Waals surface area contributed by atoms with Crippen molar-refractivity contribution in [3.63, 3.8) is 0 Å². The maximum absolute atomic E-state index is 10.1. The SMILES string of the molecule is CC(C(=O)O)N(C)C.O. The zero-order valence-electron chi connectivity index (χ0n) is 5.88. The Balaban J connectivity index is 0. The monoisotopic (exact) mass is 135 g/mol. The Hall–Kier alpha value is -0.610. The van der Waals surface area contributed by atoms with Crippen LogP contribution in [-0.4, -0.2) is 41.6 Å². The molecule has 3 N–H and O–H groups in total. The molecule has 0 saturated heterocycles. The van der Waals surface area contributed by atoms with Crippen molar-refractivity contribution in [2.24, 2.45) is 0 Å². The van der Waals surface area contributed by atoms with E-state index in [4.69, 9.17) is 5.11 Å². The van der Waals surface area contributed by atoms with Gasteiger partial charge in [-0.15, -0.1) is 0 Å². The first kappa shape index (κ1) is 11.2. The average Bonchev–Trinajstić information content (AvgIpc) is 1.64. The number of hydrogen-bond donors (Lipinski definition) is 1. The molecule has 4 nitrogen and oxygen atoms in total. The van der Waals surface area contributed by atoms with Gasteiger partial charge in [0, 0.05) is 0 Å². The highest BCUT2D eigenvalue weighted by Gasteiger charge is 2.11. The molecule has 0 aromatic carbocycles. The lowest BCUT2D eigenvalue weighted by atomic mass is 10.3. The van der Waals surface area contributed by atoms with Crippen molar-refractivity contribution < 1.29 is 15.4 Å². The Bertz CT molecular complexity index is 92.2. The summed E-state index contributed by atoms with van der Waals surface area (Å²) in [5.41, 5.74) is 0. The highest BCUT2D eigenvalue weighted by molar-refractivity contribution is 5.72. The van der Waals surface area contributed by atoms with Crippen molar-refractivity contribution in [1.29, 1.82) is 0 Å². The Kier molecular flexibility index (Phi) is 5.34. The number of hydrogen-bond acceptors (Lipinski definition) is 2. The van der Waals surface area contributed by atoms with Crippen LogP contribution in [0.5, 0.6) is 0 Å². The Labute approximate surface area is 54.4 Å². The molecule has 1 atom stereocenters. The molecule has 0 aliphatic rings. The van der Waals surface area contributed by atoms with E-state index in [1.807, 2.05) is 0 Å². The first-order chi connectivity index (χ1) is 3.55. The molecule has 0 aliphatic heterocycles. The van der Waals surface area contributed by atoms with Gasteiger partial charge in [0.15, 0.2) is 0 Å². The van der Waals surface area contributed by atoms with Crippen LogP contribution in [0.4, 0.5) is 0 Å². The lowest BCUT2D eigenvalue weighted by molar-refractivity contribution is -0.141. The summed E-state index contributed by atoms with van der Waals surface area (Å²) in [6.07, 6.45) is 0. The minimum atomic E-state index is -0.782. The van der Waals surface area contributed by atoms with Crippen molar-refractivity contribution in [2.75, 3.05) is 14.1 Å². The fraction of sp³-hybridized carbons (Fsp3) is 0.800. The van der Waals surface area contributed by atoms with Crippen molar-refractivity contribution in [2.45, 2.75) is 13.0 Å². The van der Waals surface area contributed by atoms with Crippen molar-refractivity contribution >= 4 is 5.97 Å². The number of carboxylic acids is 1. The summed E-state index contributed by atoms with van der Waals surface area (Å²) in [4.78, 5) is 11.7. The van der Waals surface area contributed by atoms with Gasteiger partial charge in [-0.25, -0.2) is 0 Å². The van der Waals surface area contributed by atoms with E-state index in [2.05, 4.69) is 0 Å². The third-order valence-corrected chi connectivity index (χ3v) is 1.13. The van der Waals surface area contributed by atoms with E-state index in [1.54, 1.807) is 25.9 Å². The number of aliphatic carboxylic acids is 1. The molecule has 0 aromatic heterocycles. The molecule has 0 bridgehead atoms. The van der Waals surface area contributed by atoms with Gasteiger partial charge >= 0.3 is 5.97 Å². The van der Waals surface area contributed by atoms with Gasteiger partial charge in [-0.1, -0.05) is 0 Å². The van der Waals surface area contributed by atoms with Gasteiger partial charge in [0.25, 0.3) is 0 Å². The standard InChI is InChI=1S/C5H11NO2.H2O/c1-4(5(7)8)6(2)3;/h4H,1-3H3,(H,7,8);1H2. The molecule has 1 unspecified atom stereocenters. The Morgan fingerprint density at radius 2 is 1.89 bits per heavy atom. The molecule has 0 heterocycles. The normalized spacial score (nSPS) is 12.4. The van der Waals surface area contributed by atoms with Gasteiger partial charge in [0.2, 0.25) is 0 Å². The summed E-state index contributed by atoms with van der Waals surface area (Å²) < 4.78 is 0. The zero-order chi connectivity index (χ0) is 6.73. The van der Waals surface area contributed by atoms with Crippen LogP contribution in [-0.2, 0) is 4.79 Å². The van der Waals surface area contributed by atoms with Gasteiger partial charge in [-0.3, -0.25) is 9.69 Å². The molecule has 0 amide bonds. The van der Waals surface area contributed by atoms with E-state index < -0.39 is 5.97 Å². The molecule has 4 heteroatoms. The second kappa shape index (κ2) is 4.29. The van der Waals surface area contributed by atoms with Crippen LogP contribution in [0.1, 0.15) is 6.92 Å². The summed E-state index contributed by atoms with van der Waals surface area (Å²) in [7, 11) is 3.47. The van der Waals surface area contributed by atoms with Gasteiger partial charge in [-0.05, 0) is 21.0 Å². The van der Waals surface area contributed by atoms with Crippen molar-refractivity contribution in [1.82, 2.24) is 4.90 Å². The van der Waals surface area contributed by atoms with E-state index in [1.165, 1.54) is 0 Å². The summed E-state index contributed by atoms with van der Waals surface area (Å²) in [6, 6.07) is -0.380. The Morgan fingerprint density at radius 3 is 1.89 bits per heavy atom. The first-order valence-corrected chi connectivity index (χ1v) is 2.45. The highest BCUT2D eigenvalue weighted by atomic mass is 16.4. The largest absolute Gasteiger partial charge is 0.480 e. The van der Waals surface area contributed by atoms with Crippen LogP contribution in [0.3, 0.4) is 0 Å². The van der Waals surface area contributed by atoms with E-state index in [-0.39, 0.29) is 11.5 Å². The molecule has 0 fully saturated rings. The van der Waals surface area contributed by atoms with Crippen LogP contribution < -0.4 is 0 Å². The fourth-order valence-electron chi connectivity index (χ4n) is 0.221. The topological polar surface area (TPSA) is 72.0 Å². The van der Waals surface area contributed by atoms with Gasteiger partial charge in [-0.2, -0.15) is 0 Å². The summed E-state index contributed by atoms with van der Waals surface area (Å²) >= 11 is 0. The molecule has 9 heavy (non-hydrogen) atoms. The number of carboxylic acid groups (broad SMARTS) is 1. The van der Waals surface area contributed by atoms with E-state index in [0.29, 0.717) is 0 Å². The second-order valence-electron chi connectivity index (χ2n) is 1.98. The molecular formula is C5H13NO3. The maximum Gasteiger partial charge on any atom is 0.320 e. The summed E-state index contributed by atoms with van der Waals surface area (Å²) in [5, 5.41) is 8.31. The van der Waals surface area contributed by atoms with Crippen LogP contribution in [0.15, 0.2) is 0 Å². The maximum atomic E-state index is 10.1. The minimum Gasteiger partial charge on any atom is -0.480 e. The van der Waals surface area contributed by atoms with Gasteiger partial charge < -0.3 is 10.6 Å². The number of rotatable bonds is 2. The Morgan fingerprint density at radius 1 is 1.56 bits per heavy atom. The molecule has 0 radical (unpaired) electrons. The van der Waals surface area contributed by atoms with E-state index in [0.717, 1.165) is 0 Å². The van der Waals surface area contributed by atoms with Crippen LogP contribution in [0.25, 0.3) is 0 Å². The predicted octanol–water partition coefficient (Wildman–Crippen LogP) is -0.804. The van der Waals surface area contributed by atoms with E-state index >= 15 is 0 Å². The molecule has 0 spiro atoms. The fourth-order valence-corrected chi connectivity index (χ4v) is 0.221. The number of likely N-dealkylation sites (N-methyl/N-ethyl adjacent to an activating group) is 1. The zero-order valence-corrected chi connectivity index (χ0v) is 5.88. The van der Waals surface area contributed by atoms with Crippen molar-refractivity contribution in [3.8, 4) is 0 Å². The lowest BCUT2D eigenvalue weighted by Crippen LogP contribution is -2.32. The minimum absolute atomic E-state index is 0. The average molecular weight is 135 g/mol. The van der Waals surface area contributed by atoms with Crippen LogP contribution >= 0.6 is 0 Å². The van der Waals surface area contributed by atoms with Gasteiger partial charge in [0.05, 0.1) is 0 Å². The molecule has 0 aromatic rings.